The number of hydrogen-bond donors (Lipinski definition) is 1. The lowest BCUT2D eigenvalue weighted by atomic mass is 10.2. The number of carbonyl (C=O) groups is 1. The minimum Gasteiger partial charge on any atom is -0.460 e. The number of carbonyl (C=O) groups excluding carboxylic acids is 1. The highest BCUT2D eigenvalue weighted by molar-refractivity contribution is 5.70. The largest absolute Gasteiger partial charge is 0.460 e. The third-order valence-electron chi connectivity index (χ3n) is 2.26. The van der Waals surface area contributed by atoms with Crippen molar-refractivity contribution in [2.45, 2.75) is 32.8 Å². The van der Waals surface area contributed by atoms with Crippen molar-refractivity contribution in [3.63, 3.8) is 0 Å². The summed E-state index contributed by atoms with van der Waals surface area (Å²) < 4.78 is 70.2. The summed E-state index contributed by atoms with van der Waals surface area (Å²) >= 11 is 0. The fourth-order valence-corrected chi connectivity index (χ4v) is 1.44. The maximum Gasteiger partial charge on any atom is 0.308 e. The van der Waals surface area contributed by atoms with Crippen LogP contribution in [0.3, 0.4) is 0 Å². The van der Waals surface area contributed by atoms with Gasteiger partial charge in [0.15, 0.2) is 23.3 Å². The molecule has 3 nitrogen and oxygen atoms in total. The summed E-state index contributed by atoms with van der Waals surface area (Å²) in [5.41, 5.74) is -1.91. The Morgan fingerprint density at radius 3 is 1.81 bits per heavy atom. The van der Waals surface area contributed by atoms with Gasteiger partial charge in [-0.15, -0.1) is 0 Å². The second kappa shape index (κ2) is 6.28. The van der Waals surface area contributed by atoms with Crippen LogP contribution in [0, 0.1) is 29.1 Å². The predicted molar refractivity (Wildman–Crippen MR) is 65.2 cm³/mol. The first-order valence-corrected chi connectivity index (χ1v) is 6.01. The average molecular weight is 311 g/mol. The highest BCUT2D eigenvalue weighted by Crippen LogP contribution is 2.27. The van der Waals surface area contributed by atoms with Gasteiger partial charge >= 0.3 is 5.97 Å². The maximum absolute atomic E-state index is 13.3. The molecule has 0 aliphatic rings. The van der Waals surface area contributed by atoms with E-state index < -0.39 is 46.3 Å². The Labute approximate surface area is 118 Å². The molecule has 118 valence electrons. The van der Waals surface area contributed by atoms with Gasteiger partial charge in [-0.2, -0.15) is 0 Å². The summed E-state index contributed by atoms with van der Waals surface area (Å²) in [7, 11) is 0. The minimum absolute atomic E-state index is 0.295. The smallest absolute Gasteiger partial charge is 0.308 e. The second-order valence-corrected chi connectivity index (χ2v) is 5.21. The average Bonchev–Trinajstić information content (AvgIpc) is 2.36. The maximum atomic E-state index is 13.3. The van der Waals surface area contributed by atoms with Gasteiger partial charge < -0.3 is 10.1 Å². The van der Waals surface area contributed by atoms with Crippen molar-refractivity contribution in [3.8, 4) is 0 Å². The Kier molecular flexibility index (Phi) is 5.14. The van der Waals surface area contributed by atoms with Crippen molar-refractivity contribution < 1.29 is 31.5 Å². The van der Waals surface area contributed by atoms with Crippen LogP contribution in [0.25, 0.3) is 0 Å². The first-order valence-electron chi connectivity index (χ1n) is 6.01. The summed E-state index contributed by atoms with van der Waals surface area (Å²) in [4.78, 5) is 11.3. The van der Waals surface area contributed by atoms with E-state index in [1.807, 2.05) is 5.32 Å². The third kappa shape index (κ3) is 4.30. The topological polar surface area (TPSA) is 38.3 Å². The number of ether oxygens (including phenoxy) is 1. The molecule has 1 aromatic rings. The van der Waals surface area contributed by atoms with Crippen LogP contribution in [0.2, 0.25) is 0 Å². The number of esters is 1. The molecule has 1 rings (SSSR count). The summed E-state index contributed by atoms with van der Waals surface area (Å²) in [6, 6.07) is 0. The number of hydrogen-bond acceptors (Lipinski definition) is 3. The number of rotatable bonds is 4. The molecular formula is C13H14F5NO2. The Balaban J connectivity index is 2.75. The molecule has 0 aliphatic carbocycles. The van der Waals surface area contributed by atoms with Crippen LogP contribution in [0.1, 0.15) is 27.2 Å². The van der Waals surface area contributed by atoms with E-state index in [1.165, 1.54) is 0 Å². The summed E-state index contributed by atoms with van der Waals surface area (Å²) in [6.45, 7) is 4.54. The standard InChI is InChI=1S/C13H14F5NO2/c1-13(2,3)21-6(20)4-5-19-12-10(17)8(15)7(14)9(16)11(12)18/h19H,4-5H2,1-3H3. The molecule has 0 saturated carbocycles. The third-order valence-corrected chi connectivity index (χ3v) is 2.26. The van der Waals surface area contributed by atoms with Crippen molar-refractivity contribution in [2.75, 3.05) is 11.9 Å². The van der Waals surface area contributed by atoms with Crippen LogP contribution >= 0.6 is 0 Å². The quantitative estimate of drug-likeness (QED) is 0.400. The summed E-state index contributed by atoms with van der Waals surface area (Å²) in [6.07, 6.45) is -0.295. The molecule has 1 aromatic carbocycles. The summed E-state index contributed by atoms with van der Waals surface area (Å²) in [5, 5.41) is 2.01. The first-order chi connectivity index (χ1) is 9.54. The van der Waals surface area contributed by atoms with E-state index >= 15 is 0 Å². The Bertz CT molecular complexity index is 525. The molecule has 0 aromatic heterocycles. The number of nitrogens with one attached hydrogen (secondary N) is 1. The molecule has 1 N–H and O–H groups in total. The molecule has 8 heteroatoms. The SMILES string of the molecule is CC(C)(C)OC(=O)CCNc1c(F)c(F)c(F)c(F)c1F. The molecule has 0 fully saturated rings. The van der Waals surface area contributed by atoms with Crippen molar-refractivity contribution in [1.82, 2.24) is 0 Å². The first kappa shape index (κ1) is 17.2. The van der Waals surface area contributed by atoms with Gasteiger partial charge in [-0.05, 0) is 20.8 Å². The van der Waals surface area contributed by atoms with Gasteiger partial charge in [0, 0.05) is 6.54 Å². The highest BCUT2D eigenvalue weighted by Gasteiger charge is 2.25. The zero-order chi connectivity index (χ0) is 16.4. The molecular weight excluding hydrogens is 297 g/mol. The van der Waals surface area contributed by atoms with E-state index in [9.17, 15) is 26.7 Å². The normalized spacial score (nSPS) is 11.4. The van der Waals surface area contributed by atoms with Crippen LogP contribution in [0.4, 0.5) is 27.6 Å². The van der Waals surface area contributed by atoms with E-state index in [2.05, 4.69) is 0 Å². The van der Waals surface area contributed by atoms with E-state index in [-0.39, 0.29) is 13.0 Å². The van der Waals surface area contributed by atoms with Crippen LogP contribution in [0.5, 0.6) is 0 Å². The van der Waals surface area contributed by atoms with Gasteiger partial charge in [-0.3, -0.25) is 4.79 Å². The number of benzene rings is 1. The fourth-order valence-electron chi connectivity index (χ4n) is 1.44. The fraction of sp³-hybridized carbons (Fsp3) is 0.462. The van der Waals surface area contributed by atoms with E-state index in [4.69, 9.17) is 4.74 Å². The van der Waals surface area contributed by atoms with Gasteiger partial charge in [-0.1, -0.05) is 0 Å². The van der Waals surface area contributed by atoms with Crippen LogP contribution < -0.4 is 5.32 Å². The van der Waals surface area contributed by atoms with Crippen molar-refractivity contribution in [2.24, 2.45) is 0 Å². The number of anilines is 1. The van der Waals surface area contributed by atoms with Gasteiger partial charge in [0.2, 0.25) is 5.82 Å². The Morgan fingerprint density at radius 2 is 1.38 bits per heavy atom. The molecule has 0 aliphatic heterocycles. The van der Waals surface area contributed by atoms with E-state index in [0.29, 0.717) is 0 Å². The lowest BCUT2D eigenvalue weighted by molar-refractivity contribution is -0.154. The van der Waals surface area contributed by atoms with Crippen molar-refractivity contribution in [1.29, 1.82) is 0 Å². The van der Waals surface area contributed by atoms with Gasteiger partial charge in [0.25, 0.3) is 0 Å². The van der Waals surface area contributed by atoms with E-state index in [0.717, 1.165) is 0 Å². The highest BCUT2D eigenvalue weighted by atomic mass is 19.2. The molecule has 0 atom stereocenters. The molecule has 0 unspecified atom stereocenters. The molecule has 0 bridgehead atoms. The molecule has 0 radical (unpaired) electrons. The molecule has 0 heterocycles. The molecule has 21 heavy (non-hydrogen) atoms. The van der Waals surface area contributed by atoms with Crippen molar-refractivity contribution in [3.05, 3.63) is 29.1 Å². The van der Waals surface area contributed by atoms with Gasteiger partial charge in [0.1, 0.15) is 11.3 Å². The number of halogens is 5. The Hall–Kier alpha value is -1.86. The molecule has 0 amide bonds. The van der Waals surface area contributed by atoms with Crippen LogP contribution in [-0.4, -0.2) is 18.1 Å². The lowest BCUT2D eigenvalue weighted by Crippen LogP contribution is -2.25. The van der Waals surface area contributed by atoms with Crippen LogP contribution in [-0.2, 0) is 9.53 Å². The summed E-state index contributed by atoms with van der Waals surface area (Å²) in [5.74, 6) is -10.9. The van der Waals surface area contributed by atoms with E-state index in [1.54, 1.807) is 20.8 Å². The molecule has 0 saturated heterocycles. The molecule has 0 spiro atoms. The monoisotopic (exact) mass is 311 g/mol. The zero-order valence-electron chi connectivity index (χ0n) is 11.6. The van der Waals surface area contributed by atoms with Gasteiger partial charge in [0.05, 0.1) is 6.42 Å². The van der Waals surface area contributed by atoms with Crippen LogP contribution in [0.15, 0.2) is 0 Å². The second-order valence-electron chi connectivity index (χ2n) is 5.21. The zero-order valence-corrected chi connectivity index (χ0v) is 11.6. The van der Waals surface area contributed by atoms with Crippen molar-refractivity contribution >= 4 is 11.7 Å². The minimum atomic E-state index is -2.23. The lowest BCUT2D eigenvalue weighted by Gasteiger charge is -2.19. The van der Waals surface area contributed by atoms with Gasteiger partial charge in [-0.25, -0.2) is 22.0 Å². The Morgan fingerprint density at radius 1 is 0.952 bits per heavy atom. The predicted octanol–water partition coefficient (Wildman–Crippen LogP) is 3.53.